The first-order chi connectivity index (χ1) is 11.7. The summed E-state index contributed by atoms with van der Waals surface area (Å²) in [5.41, 5.74) is 5.77. The molecular weight excluding hydrogens is 344 g/mol. The van der Waals surface area contributed by atoms with Crippen molar-refractivity contribution in [2.45, 2.75) is 18.3 Å². The van der Waals surface area contributed by atoms with Crippen molar-refractivity contribution < 1.29 is 31.8 Å². The highest BCUT2D eigenvalue weighted by molar-refractivity contribution is 5.51. The van der Waals surface area contributed by atoms with E-state index in [0.29, 0.717) is 17.2 Å². The van der Waals surface area contributed by atoms with Crippen LogP contribution in [0.15, 0.2) is 30.5 Å². The first-order valence-corrected chi connectivity index (χ1v) is 7.25. The minimum atomic E-state index is -4.98. The number of aromatic nitrogens is 1. The molecule has 1 atom stereocenters. The number of methoxy groups -OCH3 is 1. The Balaban J connectivity index is 2.04. The number of pyridine rings is 1. The molecule has 0 amide bonds. The molecule has 0 bridgehead atoms. The van der Waals surface area contributed by atoms with E-state index in [2.05, 4.69) is 9.72 Å². The third-order valence-electron chi connectivity index (χ3n) is 3.93. The molecule has 2 heterocycles. The number of ether oxygens (including phenoxy) is 3. The quantitative estimate of drug-likeness (QED) is 0.854. The van der Waals surface area contributed by atoms with Gasteiger partial charge in [-0.25, -0.2) is 4.39 Å². The molecule has 0 radical (unpaired) electrons. The lowest BCUT2D eigenvalue weighted by Gasteiger charge is -2.35. The van der Waals surface area contributed by atoms with Gasteiger partial charge in [0.25, 0.3) is 0 Å². The van der Waals surface area contributed by atoms with Crippen LogP contribution in [0.3, 0.4) is 0 Å². The minimum absolute atomic E-state index is 0.216. The Kier molecular flexibility index (Phi) is 4.19. The Bertz CT molecular complexity index is 797. The van der Waals surface area contributed by atoms with Crippen molar-refractivity contribution in [2.24, 2.45) is 5.73 Å². The van der Waals surface area contributed by atoms with Gasteiger partial charge < -0.3 is 19.9 Å². The maximum absolute atomic E-state index is 14.1. The molecule has 0 saturated heterocycles. The second-order valence-electron chi connectivity index (χ2n) is 5.45. The van der Waals surface area contributed by atoms with Gasteiger partial charge in [-0.3, -0.25) is 4.98 Å². The third-order valence-corrected chi connectivity index (χ3v) is 3.93. The number of halogens is 4. The number of rotatable bonds is 3. The van der Waals surface area contributed by atoms with Gasteiger partial charge in [-0.05, 0) is 17.7 Å². The fraction of sp³-hybridized carbons (Fsp3) is 0.312. The van der Waals surface area contributed by atoms with Gasteiger partial charge in [-0.2, -0.15) is 0 Å². The van der Waals surface area contributed by atoms with E-state index >= 15 is 0 Å². The van der Waals surface area contributed by atoms with E-state index in [-0.39, 0.29) is 18.6 Å². The Hall–Kier alpha value is -2.55. The highest BCUT2D eigenvalue weighted by Gasteiger charge is 2.40. The molecule has 0 aliphatic carbocycles. The zero-order valence-electron chi connectivity index (χ0n) is 13.1. The smallest absolute Gasteiger partial charge is 0.493 e. The van der Waals surface area contributed by atoms with Crippen LogP contribution in [0.4, 0.5) is 17.6 Å². The molecular formula is C16H14F4N2O3. The van der Waals surface area contributed by atoms with Crippen LogP contribution >= 0.6 is 0 Å². The Morgan fingerprint density at radius 3 is 2.64 bits per heavy atom. The number of benzene rings is 1. The van der Waals surface area contributed by atoms with Crippen LogP contribution in [0.1, 0.15) is 17.7 Å². The van der Waals surface area contributed by atoms with E-state index in [1.165, 1.54) is 19.4 Å². The van der Waals surface area contributed by atoms with E-state index in [9.17, 15) is 17.6 Å². The molecule has 1 aliphatic rings. The van der Waals surface area contributed by atoms with Gasteiger partial charge in [0.1, 0.15) is 5.69 Å². The van der Waals surface area contributed by atoms with Gasteiger partial charge in [0, 0.05) is 18.7 Å². The monoisotopic (exact) mass is 358 g/mol. The maximum atomic E-state index is 14.1. The van der Waals surface area contributed by atoms with E-state index in [0.717, 1.165) is 12.1 Å². The third kappa shape index (κ3) is 3.19. The summed E-state index contributed by atoms with van der Waals surface area (Å²) in [6, 6.07) is 4.67. The fourth-order valence-electron chi connectivity index (χ4n) is 2.75. The number of hydrogen-bond acceptors (Lipinski definition) is 5. The highest BCUT2D eigenvalue weighted by atomic mass is 19.4. The second kappa shape index (κ2) is 6.07. The van der Waals surface area contributed by atoms with Crippen LogP contribution in [0.5, 0.6) is 17.2 Å². The van der Waals surface area contributed by atoms with Crippen molar-refractivity contribution in [1.82, 2.24) is 4.98 Å². The van der Waals surface area contributed by atoms with Crippen molar-refractivity contribution in [3.63, 3.8) is 0 Å². The van der Waals surface area contributed by atoms with E-state index < -0.39 is 23.5 Å². The summed E-state index contributed by atoms with van der Waals surface area (Å²) in [4.78, 5) is 4.21. The topological polar surface area (TPSA) is 66.6 Å². The van der Waals surface area contributed by atoms with Gasteiger partial charge in [0.2, 0.25) is 0 Å². The zero-order valence-corrected chi connectivity index (χ0v) is 13.1. The average Bonchev–Trinajstić information content (AvgIpc) is 2.55. The number of nitrogens with two attached hydrogens (primary N) is 1. The largest absolute Gasteiger partial charge is 0.573 e. The summed E-state index contributed by atoms with van der Waals surface area (Å²) in [5.74, 6) is -1.35. The van der Waals surface area contributed by atoms with Crippen LogP contribution in [-0.2, 0) is 5.54 Å². The minimum Gasteiger partial charge on any atom is -0.493 e. The van der Waals surface area contributed by atoms with E-state index in [4.69, 9.17) is 15.2 Å². The van der Waals surface area contributed by atoms with Crippen LogP contribution < -0.4 is 19.9 Å². The lowest BCUT2D eigenvalue weighted by molar-refractivity contribution is -0.275. The summed E-state index contributed by atoms with van der Waals surface area (Å²) in [6.45, 7) is 0.216. The normalized spacial score (nSPS) is 19.8. The van der Waals surface area contributed by atoms with Crippen LogP contribution in [0.2, 0.25) is 0 Å². The molecule has 2 N–H and O–H groups in total. The lowest BCUT2D eigenvalue weighted by Crippen LogP contribution is -2.43. The molecule has 25 heavy (non-hydrogen) atoms. The summed E-state index contributed by atoms with van der Waals surface area (Å²) < 4.78 is 65.3. The van der Waals surface area contributed by atoms with Crippen molar-refractivity contribution in [1.29, 1.82) is 0 Å². The molecule has 1 aliphatic heterocycles. The molecule has 0 fully saturated rings. The molecule has 134 valence electrons. The van der Waals surface area contributed by atoms with Crippen molar-refractivity contribution in [3.8, 4) is 17.2 Å². The second-order valence-corrected chi connectivity index (χ2v) is 5.45. The van der Waals surface area contributed by atoms with E-state index in [1.54, 1.807) is 6.07 Å². The summed E-state index contributed by atoms with van der Waals surface area (Å²) in [6.07, 6.45) is -3.26. The number of alkyl halides is 3. The standard InChI is InChI=1S/C16H14F4N2O3/c1-23-12-4-6-22-14-13(12)24-7-5-15(14,21)9-2-3-11(10(17)8-9)25-16(18,19)20/h2-4,6,8H,5,7,21H2,1H3. The van der Waals surface area contributed by atoms with Gasteiger partial charge >= 0.3 is 6.36 Å². The Labute approximate surface area is 140 Å². The molecule has 3 rings (SSSR count). The molecule has 0 spiro atoms. The number of nitrogens with zero attached hydrogens (tertiary/aromatic N) is 1. The zero-order chi connectivity index (χ0) is 18.2. The summed E-state index contributed by atoms with van der Waals surface area (Å²) >= 11 is 0. The first kappa shape index (κ1) is 17.3. The predicted molar refractivity (Wildman–Crippen MR) is 79.0 cm³/mol. The fourth-order valence-corrected chi connectivity index (χ4v) is 2.75. The Morgan fingerprint density at radius 2 is 2.00 bits per heavy atom. The van der Waals surface area contributed by atoms with Gasteiger partial charge in [-0.1, -0.05) is 6.07 Å². The predicted octanol–water partition coefficient (Wildman–Crippen LogP) is 3.11. The molecule has 1 aromatic heterocycles. The number of fused-ring (bicyclic) bond motifs is 1. The highest BCUT2D eigenvalue weighted by Crippen LogP contribution is 2.43. The molecule has 5 nitrogen and oxygen atoms in total. The maximum Gasteiger partial charge on any atom is 0.573 e. The van der Waals surface area contributed by atoms with Crippen LogP contribution in [-0.4, -0.2) is 25.1 Å². The first-order valence-electron chi connectivity index (χ1n) is 7.25. The van der Waals surface area contributed by atoms with Crippen LogP contribution in [0, 0.1) is 5.82 Å². The summed E-state index contributed by atoms with van der Waals surface area (Å²) in [5, 5.41) is 0. The molecule has 1 unspecified atom stereocenters. The van der Waals surface area contributed by atoms with Crippen molar-refractivity contribution in [2.75, 3.05) is 13.7 Å². The SMILES string of the molecule is COc1ccnc2c1OCCC2(N)c1ccc(OC(F)(F)F)c(F)c1. The van der Waals surface area contributed by atoms with Crippen molar-refractivity contribution >= 4 is 0 Å². The molecule has 1 aromatic carbocycles. The van der Waals surface area contributed by atoms with E-state index in [1.807, 2.05) is 0 Å². The van der Waals surface area contributed by atoms with Gasteiger partial charge in [-0.15, -0.1) is 13.2 Å². The van der Waals surface area contributed by atoms with Gasteiger partial charge in [0.15, 0.2) is 23.1 Å². The van der Waals surface area contributed by atoms with Crippen molar-refractivity contribution in [3.05, 3.63) is 47.5 Å². The lowest BCUT2D eigenvalue weighted by atomic mass is 9.82. The number of hydrogen-bond donors (Lipinski definition) is 1. The molecule has 0 saturated carbocycles. The van der Waals surface area contributed by atoms with Gasteiger partial charge in [0.05, 0.1) is 19.3 Å². The molecule has 9 heteroatoms. The average molecular weight is 358 g/mol. The van der Waals surface area contributed by atoms with Crippen LogP contribution in [0.25, 0.3) is 0 Å². The summed E-state index contributed by atoms with van der Waals surface area (Å²) in [7, 11) is 1.45. The Morgan fingerprint density at radius 1 is 1.24 bits per heavy atom. The molecule has 2 aromatic rings.